The summed E-state index contributed by atoms with van der Waals surface area (Å²) in [5, 5.41) is 24.6. The first-order valence-corrected chi connectivity index (χ1v) is 11.0. The fourth-order valence-corrected chi connectivity index (χ4v) is 4.07. The summed E-state index contributed by atoms with van der Waals surface area (Å²) in [4.78, 5) is 37.7. The summed E-state index contributed by atoms with van der Waals surface area (Å²) in [6.45, 7) is 9.57. The van der Waals surface area contributed by atoms with Crippen molar-refractivity contribution in [2.45, 2.75) is 19.0 Å². The molecule has 2 aromatic heterocycles. The van der Waals surface area contributed by atoms with Gasteiger partial charge >= 0.3 is 7.12 Å². The van der Waals surface area contributed by atoms with Crippen LogP contribution in [0.5, 0.6) is 0 Å². The van der Waals surface area contributed by atoms with Crippen molar-refractivity contribution in [1.82, 2.24) is 19.4 Å². The van der Waals surface area contributed by atoms with Crippen molar-refractivity contribution in [3.8, 4) is 0 Å². The van der Waals surface area contributed by atoms with Crippen LogP contribution in [0.2, 0.25) is 0 Å². The normalized spacial score (nSPS) is 18.8. The number of hydrogen-bond donors (Lipinski definition) is 4. The summed E-state index contributed by atoms with van der Waals surface area (Å²) >= 11 is 0. The monoisotopic (exact) mass is 469 g/mol. The van der Waals surface area contributed by atoms with E-state index in [0.29, 0.717) is 23.2 Å². The van der Waals surface area contributed by atoms with Gasteiger partial charge in [0.05, 0.1) is 42.4 Å². The molecule has 12 nitrogen and oxygen atoms in total. The minimum Gasteiger partial charge on any atom is -0.422 e. The number of pyridine rings is 1. The van der Waals surface area contributed by atoms with Gasteiger partial charge in [-0.25, -0.2) is 9.97 Å². The lowest BCUT2D eigenvalue weighted by molar-refractivity contribution is -0.111. The number of carbonyl (C=O) groups is 1. The van der Waals surface area contributed by atoms with Crippen LogP contribution in [0.3, 0.4) is 0 Å². The molecule has 0 radical (unpaired) electrons. The van der Waals surface area contributed by atoms with E-state index in [1.807, 2.05) is 0 Å². The molecule has 4 N–H and O–H groups in total. The molecular weight excluding hydrogens is 441 g/mol. The summed E-state index contributed by atoms with van der Waals surface area (Å²) < 4.78 is 6.52. The number of ether oxygens (including phenoxy) is 1. The van der Waals surface area contributed by atoms with Gasteiger partial charge in [-0.2, -0.15) is 0 Å². The van der Waals surface area contributed by atoms with Crippen LogP contribution in [-0.2, 0) is 16.6 Å². The number of carbonyl (C=O) groups excluding carboxylic acids is 1. The number of rotatable bonds is 7. The van der Waals surface area contributed by atoms with E-state index in [1.54, 1.807) is 12.3 Å². The lowest BCUT2D eigenvalue weighted by Crippen LogP contribution is -2.59. The molecule has 4 heterocycles. The Morgan fingerprint density at radius 3 is 2.74 bits per heavy atom. The van der Waals surface area contributed by atoms with Crippen LogP contribution in [0.4, 0.5) is 23.0 Å². The molecule has 180 valence electrons. The molecule has 1 atom stereocenters. The maximum atomic E-state index is 12.5. The molecule has 13 heteroatoms. The maximum Gasteiger partial charge on any atom is 0.509 e. The van der Waals surface area contributed by atoms with Crippen LogP contribution >= 0.6 is 0 Å². The SMILES string of the molecule is C=CC(=O)Nc1cc(Nc2nc(B(O)O)cn(C)c2=O)cnc1N1CCN(C2COC2)C[C@@H]1C. The van der Waals surface area contributed by atoms with Gasteiger partial charge in [0.2, 0.25) is 5.91 Å². The van der Waals surface area contributed by atoms with Crippen LogP contribution < -0.4 is 26.7 Å². The van der Waals surface area contributed by atoms with Crippen LogP contribution in [0.25, 0.3) is 0 Å². The molecule has 2 saturated heterocycles. The van der Waals surface area contributed by atoms with Gasteiger partial charge in [0.1, 0.15) is 0 Å². The molecule has 4 rings (SSSR count). The summed E-state index contributed by atoms with van der Waals surface area (Å²) in [6.07, 6.45) is 3.96. The van der Waals surface area contributed by atoms with Gasteiger partial charge in [-0.15, -0.1) is 0 Å². The molecule has 2 aliphatic heterocycles. The highest BCUT2D eigenvalue weighted by molar-refractivity contribution is 6.57. The van der Waals surface area contributed by atoms with Gasteiger partial charge in [-0.05, 0) is 19.1 Å². The van der Waals surface area contributed by atoms with Crippen molar-refractivity contribution in [3.05, 3.63) is 41.5 Å². The van der Waals surface area contributed by atoms with E-state index in [0.717, 1.165) is 32.8 Å². The second-order valence-corrected chi connectivity index (χ2v) is 8.45. The third-order valence-corrected chi connectivity index (χ3v) is 5.99. The Morgan fingerprint density at radius 1 is 1.35 bits per heavy atom. The van der Waals surface area contributed by atoms with E-state index >= 15 is 0 Å². The van der Waals surface area contributed by atoms with Crippen molar-refractivity contribution in [1.29, 1.82) is 0 Å². The molecule has 1 amide bonds. The van der Waals surface area contributed by atoms with Crippen molar-refractivity contribution >= 4 is 41.6 Å². The summed E-state index contributed by atoms with van der Waals surface area (Å²) in [6, 6.07) is 2.26. The zero-order valence-electron chi connectivity index (χ0n) is 19.1. The van der Waals surface area contributed by atoms with Gasteiger partial charge < -0.3 is 34.9 Å². The number of aryl methyl sites for hydroxylation is 1. The van der Waals surface area contributed by atoms with E-state index < -0.39 is 18.6 Å². The minimum atomic E-state index is -1.83. The van der Waals surface area contributed by atoms with Crippen molar-refractivity contribution in [3.63, 3.8) is 0 Å². The van der Waals surface area contributed by atoms with E-state index in [2.05, 4.69) is 43.9 Å². The van der Waals surface area contributed by atoms with Crippen LogP contribution in [-0.4, -0.2) is 87.4 Å². The number of hydrogen-bond acceptors (Lipinski definition) is 10. The average Bonchev–Trinajstić information content (AvgIpc) is 2.76. The van der Waals surface area contributed by atoms with Crippen LogP contribution in [0.15, 0.2) is 35.9 Å². The quantitative estimate of drug-likeness (QED) is 0.283. The number of anilines is 4. The molecule has 0 saturated carbocycles. The van der Waals surface area contributed by atoms with E-state index in [-0.39, 0.29) is 17.5 Å². The topological polar surface area (TPSA) is 145 Å². The second-order valence-electron chi connectivity index (χ2n) is 8.45. The zero-order valence-corrected chi connectivity index (χ0v) is 19.1. The standard InChI is InChI=1S/C21H28BN7O5/c1-4-18(30)25-16-7-14(24-19-21(31)27(3)10-17(26-19)22(32)33)8-23-20(16)29-6-5-28(9-13(29)2)15-11-34-12-15/h4,7-8,10,13,15,32-33H,1,5-6,9,11-12H2,2-3H3,(H,24,26)(H,25,30)/t13-/m0/s1. The fraction of sp³-hybridized carbons (Fsp3) is 0.429. The molecule has 0 aliphatic carbocycles. The predicted octanol–water partition coefficient (Wildman–Crippen LogP) is -1.37. The van der Waals surface area contributed by atoms with Crippen molar-refractivity contribution in [2.75, 3.05) is 48.4 Å². The predicted molar refractivity (Wildman–Crippen MR) is 129 cm³/mol. The largest absolute Gasteiger partial charge is 0.509 e. The van der Waals surface area contributed by atoms with Gasteiger partial charge in [-0.3, -0.25) is 14.5 Å². The van der Waals surface area contributed by atoms with Gasteiger partial charge in [0, 0.05) is 38.9 Å². The molecule has 2 aromatic rings. The first kappa shape index (κ1) is 23.9. The lowest BCUT2D eigenvalue weighted by atomic mass is 9.87. The number of amides is 1. The second kappa shape index (κ2) is 9.93. The molecule has 0 unspecified atom stereocenters. The van der Waals surface area contributed by atoms with E-state index in [4.69, 9.17) is 4.74 Å². The minimum absolute atomic E-state index is 0.0853. The van der Waals surface area contributed by atoms with E-state index in [9.17, 15) is 19.6 Å². The van der Waals surface area contributed by atoms with Gasteiger partial charge in [0.15, 0.2) is 11.6 Å². The Hall–Kier alpha value is -3.26. The first-order chi connectivity index (χ1) is 16.3. The van der Waals surface area contributed by atoms with Crippen molar-refractivity contribution < 1.29 is 19.6 Å². The highest BCUT2D eigenvalue weighted by Crippen LogP contribution is 2.31. The summed E-state index contributed by atoms with van der Waals surface area (Å²) in [5.74, 6) is 0.115. The Labute approximate surface area is 197 Å². The smallest absolute Gasteiger partial charge is 0.422 e. The Bertz CT molecular complexity index is 1140. The molecule has 2 aliphatic rings. The third kappa shape index (κ3) is 4.97. The molecule has 0 bridgehead atoms. The zero-order chi connectivity index (χ0) is 24.4. The Morgan fingerprint density at radius 2 is 2.12 bits per heavy atom. The first-order valence-electron chi connectivity index (χ1n) is 11.0. The third-order valence-electron chi connectivity index (χ3n) is 5.99. The van der Waals surface area contributed by atoms with Gasteiger partial charge in [-0.1, -0.05) is 6.58 Å². The molecule has 2 fully saturated rings. The maximum absolute atomic E-state index is 12.5. The Kier molecular flexibility index (Phi) is 6.98. The highest BCUT2D eigenvalue weighted by Gasteiger charge is 2.33. The highest BCUT2D eigenvalue weighted by atomic mass is 16.5. The average molecular weight is 469 g/mol. The molecule has 0 spiro atoms. The van der Waals surface area contributed by atoms with E-state index in [1.165, 1.54) is 23.9 Å². The molecule has 34 heavy (non-hydrogen) atoms. The summed E-state index contributed by atoms with van der Waals surface area (Å²) in [7, 11) is -0.350. The number of nitrogens with zero attached hydrogens (tertiary/aromatic N) is 5. The van der Waals surface area contributed by atoms with Crippen LogP contribution in [0.1, 0.15) is 6.92 Å². The van der Waals surface area contributed by atoms with Gasteiger partial charge in [0.25, 0.3) is 5.56 Å². The fourth-order valence-electron chi connectivity index (χ4n) is 4.07. The molecular formula is C21H28BN7O5. The van der Waals surface area contributed by atoms with Crippen molar-refractivity contribution in [2.24, 2.45) is 7.05 Å². The number of nitrogens with one attached hydrogen (secondary N) is 2. The van der Waals surface area contributed by atoms with Crippen LogP contribution in [0, 0.1) is 0 Å². The lowest BCUT2D eigenvalue weighted by Gasteiger charge is -2.46. The number of aromatic nitrogens is 3. The number of piperazine rings is 1. The Balaban J connectivity index is 1.62. The summed E-state index contributed by atoms with van der Waals surface area (Å²) in [5.41, 5.74) is 0.306. The molecule has 0 aromatic carbocycles.